The maximum absolute atomic E-state index is 12.1. The van der Waals surface area contributed by atoms with Crippen molar-refractivity contribution in [2.24, 2.45) is 0 Å². The maximum Gasteiger partial charge on any atom is 0.327 e. The Kier molecular flexibility index (Phi) is 3.58. The Morgan fingerprint density at radius 1 is 1.25 bits per heavy atom. The number of hydrogen-bond donors (Lipinski definition) is 1. The van der Waals surface area contributed by atoms with Gasteiger partial charge >= 0.3 is 5.69 Å². The van der Waals surface area contributed by atoms with Gasteiger partial charge in [0.25, 0.3) is 0 Å². The minimum atomic E-state index is -0.192. The molecule has 24 heavy (non-hydrogen) atoms. The first kappa shape index (κ1) is 14.6. The van der Waals surface area contributed by atoms with E-state index in [0.717, 1.165) is 17.5 Å². The van der Waals surface area contributed by atoms with Gasteiger partial charge in [0.15, 0.2) is 5.65 Å². The number of ether oxygens (including phenoxy) is 1. The summed E-state index contributed by atoms with van der Waals surface area (Å²) in [6.45, 7) is 1.12. The van der Waals surface area contributed by atoms with Crippen molar-refractivity contribution in [2.75, 3.05) is 13.7 Å². The number of benzene rings is 1. The fourth-order valence-electron chi connectivity index (χ4n) is 2.75. The third kappa shape index (κ3) is 2.37. The van der Waals surface area contributed by atoms with E-state index in [1.165, 1.54) is 0 Å². The Balaban J connectivity index is 1.82. The number of nitrogens with one attached hydrogen (secondary N) is 1. The standard InChI is InChI=1S/C16H16N6O2/c1-24-8-4-7-21-14-12(19-16(21)23)9-17-15(20-14)22-10-18-11-5-2-3-6-13(11)22/h2-3,5-6,9-10H,4,7-8H2,1H3,(H,19,23). The zero-order chi connectivity index (χ0) is 16.5. The summed E-state index contributed by atoms with van der Waals surface area (Å²) in [5, 5.41) is 0. The second-order valence-corrected chi connectivity index (χ2v) is 5.44. The number of para-hydroxylation sites is 2. The van der Waals surface area contributed by atoms with Crippen molar-refractivity contribution in [3.63, 3.8) is 0 Å². The number of methoxy groups -OCH3 is 1. The number of fused-ring (bicyclic) bond motifs is 2. The molecule has 1 aromatic carbocycles. The van der Waals surface area contributed by atoms with E-state index in [9.17, 15) is 4.79 Å². The number of imidazole rings is 2. The summed E-state index contributed by atoms with van der Waals surface area (Å²) in [5.41, 5.74) is 2.79. The lowest BCUT2D eigenvalue weighted by Gasteiger charge is -2.05. The monoisotopic (exact) mass is 324 g/mol. The highest BCUT2D eigenvalue weighted by molar-refractivity contribution is 5.77. The van der Waals surface area contributed by atoms with E-state index in [1.54, 1.807) is 24.2 Å². The van der Waals surface area contributed by atoms with Crippen LogP contribution in [0.2, 0.25) is 0 Å². The molecular formula is C16H16N6O2. The van der Waals surface area contributed by atoms with Crippen LogP contribution in [0.4, 0.5) is 0 Å². The highest BCUT2D eigenvalue weighted by Crippen LogP contribution is 2.16. The summed E-state index contributed by atoms with van der Waals surface area (Å²) in [5.74, 6) is 0.482. The molecule has 3 aromatic heterocycles. The number of aromatic amines is 1. The molecule has 122 valence electrons. The van der Waals surface area contributed by atoms with Gasteiger partial charge in [0.05, 0.1) is 17.2 Å². The van der Waals surface area contributed by atoms with Crippen LogP contribution in [0.3, 0.4) is 0 Å². The molecule has 0 fully saturated rings. The minimum Gasteiger partial charge on any atom is -0.385 e. The van der Waals surface area contributed by atoms with Gasteiger partial charge in [-0.25, -0.2) is 14.8 Å². The van der Waals surface area contributed by atoms with Gasteiger partial charge in [-0.1, -0.05) is 12.1 Å². The van der Waals surface area contributed by atoms with Gasteiger partial charge in [-0.3, -0.25) is 9.13 Å². The predicted octanol–water partition coefficient (Wildman–Crippen LogP) is 1.49. The van der Waals surface area contributed by atoms with Crippen molar-refractivity contribution in [3.05, 3.63) is 47.3 Å². The molecule has 0 aliphatic heterocycles. The summed E-state index contributed by atoms with van der Waals surface area (Å²) in [6.07, 6.45) is 4.04. The number of aryl methyl sites for hydroxylation is 1. The van der Waals surface area contributed by atoms with E-state index in [2.05, 4.69) is 19.9 Å². The number of hydrogen-bond acceptors (Lipinski definition) is 5. The molecule has 0 saturated carbocycles. The number of aromatic nitrogens is 6. The molecule has 1 N–H and O–H groups in total. The summed E-state index contributed by atoms with van der Waals surface area (Å²) in [6, 6.07) is 7.76. The quantitative estimate of drug-likeness (QED) is 0.562. The van der Waals surface area contributed by atoms with Crippen LogP contribution >= 0.6 is 0 Å². The lowest BCUT2D eigenvalue weighted by Crippen LogP contribution is -2.18. The van der Waals surface area contributed by atoms with E-state index in [0.29, 0.717) is 30.3 Å². The molecule has 0 radical (unpaired) electrons. The Bertz CT molecular complexity index is 1060. The third-order valence-corrected chi connectivity index (χ3v) is 3.90. The van der Waals surface area contributed by atoms with Crippen LogP contribution in [0.25, 0.3) is 28.1 Å². The molecule has 4 aromatic rings. The third-order valence-electron chi connectivity index (χ3n) is 3.90. The smallest absolute Gasteiger partial charge is 0.327 e. The van der Waals surface area contributed by atoms with Gasteiger partial charge in [-0.2, -0.15) is 4.98 Å². The van der Waals surface area contributed by atoms with Gasteiger partial charge in [0, 0.05) is 20.3 Å². The molecule has 4 rings (SSSR count). The number of rotatable bonds is 5. The van der Waals surface area contributed by atoms with Crippen LogP contribution in [0.15, 0.2) is 41.6 Å². The molecule has 0 atom stereocenters. The second-order valence-electron chi connectivity index (χ2n) is 5.44. The summed E-state index contributed by atoms with van der Waals surface area (Å²) in [7, 11) is 1.64. The van der Waals surface area contributed by atoms with E-state index in [4.69, 9.17) is 4.74 Å². The van der Waals surface area contributed by atoms with Crippen molar-refractivity contribution < 1.29 is 4.74 Å². The van der Waals surface area contributed by atoms with Crippen molar-refractivity contribution in [1.82, 2.24) is 29.1 Å². The Hall–Kier alpha value is -3.00. The molecule has 0 aliphatic rings. The fourth-order valence-corrected chi connectivity index (χ4v) is 2.75. The molecule has 0 saturated heterocycles. The normalized spacial score (nSPS) is 11.5. The number of nitrogens with zero attached hydrogens (tertiary/aromatic N) is 5. The van der Waals surface area contributed by atoms with E-state index in [-0.39, 0.29) is 5.69 Å². The fraction of sp³-hybridized carbons (Fsp3) is 0.250. The largest absolute Gasteiger partial charge is 0.385 e. The summed E-state index contributed by atoms with van der Waals surface area (Å²) >= 11 is 0. The first-order chi connectivity index (χ1) is 11.8. The van der Waals surface area contributed by atoms with Crippen molar-refractivity contribution >= 4 is 22.2 Å². The van der Waals surface area contributed by atoms with Gasteiger partial charge in [-0.05, 0) is 18.6 Å². The van der Waals surface area contributed by atoms with Crippen molar-refractivity contribution in [1.29, 1.82) is 0 Å². The van der Waals surface area contributed by atoms with Crippen molar-refractivity contribution in [3.8, 4) is 5.95 Å². The van der Waals surface area contributed by atoms with Gasteiger partial charge in [0.2, 0.25) is 5.95 Å². The summed E-state index contributed by atoms with van der Waals surface area (Å²) < 4.78 is 8.47. The number of H-pyrrole nitrogens is 1. The molecule has 0 spiro atoms. The highest BCUT2D eigenvalue weighted by Gasteiger charge is 2.12. The molecule has 8 heteroatoms. The van der Waals surface area contributed by atoms with Crippen LogP contribution in [-0.2, 0) is 11.3 Å². The first-order valence-electron chi connectivity index (χ1n) is 7.65. The lowest BCUT2D eigenvalue weighted by molar-refractivity contribution is 0.190. The Morgan fingerprint density at radius 2 is 2.12 bits per heavy atom. The van der Waals surface area contributed by atoms with Gasteiger partial charge < -0.3 is 9.72 Å². The van der Waals surface area contributed by atoms with Gasteiger partial charge in [0.1, 0.15) is 11.8 Å². The van der Waals surface area contributed by atoms with E-state index >= 15 is 0 Å². The Labute approximate surface area is 136 Å². The van der Waals surface area contributed by atoms with Crippen LogP contribution in [0.1, 0.15) is 6.42 Å². The molecule has 8 nitrogen and oxygen atoms in total. The van der Waals surface area contributed by atoms with Crippen LogP contribution < -0.4 is 5.69 Å². The van der Waals surface area contributed by atoms with Crippen LogP contribution in [-0.4, -0.2) is 42.8 Å². The molecule has 3 heterocycles. The van der Waals surface area contributed by atoms with Crippen LogP contribution in [0.5, 0.6) is 0 Å². The van der Waals surface area contributed by atoms with E-state index < -0.39 is 0 Å². The maximum atomic E-state index is 12.1. The molecule has 0 bridgehead atoms. The average molecular weight is 324 g/mol. The molecule has 0 unspecified atom stereocenters. The molecule has 0 amide bonds. The topological polar surface area (TPSA) is 90.6 Å². The van der Waals surface area contributed by atoms with Gasteiger partial charge in [-0.15, -0.1) is 0 Å². The predicted molar refractivity (Wildman–Crippen MR) is 89.3 cm³/mol. The highest BCUT2D eigenvalue weighted by atomic mass is 16.5. The molecular weight excluding hydrogens is 308 g/mol. The minimum absolute atomic E-state index is 0.192. The van der Waals surface area contributed by atoms with Crippen molar-refractivity contribution in [2.45, 2.75) is 13.0 Å². The summed E-state index contributed by atoms with van der Waals surface area (Å²) in [4.78, 5) is 28.2. The van der Waals surface area contributed by atoms with E-state index in [1.807, 2.05) is 28.8 Å². The lowest BCUT2D eigenvalue weighted by atomic mass is 10.3. The zero-order valence-electron chi connectivity index (χ0n) is 13.1. The molecule has 0 aliphatic carbocycles. The Morgan fingerprint density at radius 3 is 3.00 bits per heavy atom. The first-order valence-corrected chi connectivity index (χ1v) is 7.65. The average Bonchev–Trinajstić information content (AvgIpc) is 3.16. The SMILES string of the molecule is COCCCn1c(=O)[nH]c2cnc(-n3cnc4ccccc43)nc21. The zero-order valence-corrected chi connectivity index (χ0v) is 13.1. The van der Waals surface area contributed by atoms with Crippen LogP contribution in [0, 0.1) is 0 Å². The second kappa shape index (κ2) is 5.89.